The summed E-state index contributed by atoms with van der Waals surface area (Å²) in [6.07, 6.45) is 0. The summed E-state index contributed by atoms with van der Waals surface area (Å²) in [6.45, 7) is 3.41. The molecule has 8 nitrogen and oxygen atoms in total. The van der Waals surface area contributed by atoms with Crippen LogP contribution in [0, 0.1) is 22.9 Å². The third kappa shape index (κ3) is 6.56. The summed E-state index contributed by atoms with van der Waals surface area (Å²) < 4.78 is 27.5. The number of aromatic nitrogens is 3. The number of hydrogen-bond acceptors (Lipinski definition) is 7. The first kappa shape index (κ1) is 27.7. The highest BCUT2D eigenvalue weighted by Gasteiger charge is 2.26. The van der Waals surface area contributed by atoms with E-state index in [4.69, 9.17) is 32.7 Å². The summed E-state index contributed by atoms with van der Waals surface area (Å²) in [4.78, 5) is 11.2. The zero-order chi connectivity index (χ0) is 27.2. The minimum Gasteiger partial charge on any atom is -0.490 e. The van der Waals surface area contributed by atoms with Crippen LogP contribution in [0.25, 0.3) is 5.69 Å². The van der Waals surface area contributed by atoms with E-state index in [-0.39, 0.29) is 17.4 Å². The summed E-state index contributed by atoms with van der Waals surface area (Å²) in [5, 5.41) is 20.6. The molecule has 38 heavy (non-hydrogen) atoms. The van der Waals surface area contributed by atoms with Gasteiger partial charge in [0.05, 0.1) is 11.6 Å². The maximum atomic E-state index is 14.1. The molecule has 4 aromatic rings. The van der Waals surface area contributed by atoms with Gasteiger partial charge >= 0.3 is 0 Å². The fourth-order valence-electron chi connectivity index (χ4n) is 3.72. The zero-order valence-electron chi connectivity index (χ0n) is 20.4. The molecule has 1 atom stereocenters. The SMILES string of the molecule is CCOc1cc([C@H](C[N+](=O)[O-])Sc2nnc(C)n2-c2ccc(Cl)cc2)cc(Cl)c1OCc1ccccc1F. The molecule has 0 unspecified atom stereocenters. The molecule has 0 N–H and O–H groups in total. The van der Waals surface area contributed by atoms with Crippen LogP contribution in [-0.2, 0) is 6.61 Å². The molecule has 0 aliphatic rings. The van der Waals surface area contributed by atoms with Crippen LogP contribution in [-0.4, -0.2) is 32.8 Å². The molecule has 0 amide bonds. The molecular weight excluding hydrogens is 554 g/mol. The Balaban J connectivity index is 1.67. The summed E-state index contributed by atoms with van der Waals surface area (Å²) >= 11 is 13.8. The second-order valence-electron chi connectivity index (χ2n) is 8.11. The Bertz CT molecular complexity index is 1440. The van der Waals surface area contributed by atoms with E-state index in [1.54, 1.807) is 60.9 Å². The lowest BCUT2D eigenvalue weighted by molar-refractivity contribution is -0.479. The van der Waals surface area contributed by atoms with Gasteiger partial charge in [0, 0.05) is 21.2 Å². The first-order valence-corrected chi connectivity index (χ1v) is 13.2. The summed E-state index contributed by atoms with van der Waals surface area (Å²) in [5.74, 6) is 0.738. The number of rotatable bonds is 11. The highest BCUT2D eigenvalue weighted by molar-refractivity contribution is 7.99. The van der Waals surface area contributed by atoms with E-state index in [0.29, 0.717) is 39.5 Å². The number of nitrogens with zero attached hydrogens (tertiary/aromatic N) is 4. The molecule has 0 aliphatic carbocycles. The minimum atomic E-state index is -0.683. The second-order valence-corrected chi connectivity index (χ2v) is 10.1. The van der Waals surface area contributed by atoms with Crippen molar-refractivity contribution in [3.05, 3.63) is 104 Å². The fraction of sp³-hybridized carbons (Fsp3) is 0.231. The first-order valence-electron chi connectivity index (χ1n) is 11.6. The average molecular weight is 577 g/mol. The molecule has 0 bridgehead atoms. The molecule has 12 heteroatoms. The van der Waals surface area contributed by atoms with E-state index in [1.807, 2.05) is 12.1 Å². The van der Waals surface area contributed by atoms with E-state index in [0.717, 1.165) is 5.69 Å². The Morgan fingerprint density at radius 3 is 2.53 bits per heavy atom. The van der Waals surface area contributed by atoms with Crippen molar-refractivity contribution >= 4 is 35.0 Å². The molecule has 4 rings (SSSR count). The predicted octanol–water partition coefficient (Wildman–Crippen LogP) is 7.11. The van der Waals surface area contributed by atoms with Crippen molar-refractivity contribution in [3.8, 4) is 17.2 Å². The Kier molecular flexibility index (Phi) is 9.09. The van der Waals surface area contributed by atoms with Gasteiger partial charge in [-0.25, -0.2) is 4.39 Å². The number of halogens is 3. The van der Waals surface area contributed by atoms with Crippen molar-refractivity contribution in [2.24, 2.45) is 0 Å². The van der Waals surface area contributed by atoms with Gasteiger partial charge in [-0.1, -0.05) is 53.2 Å². The first-order chi connectivity index (χ1) is 18.3. The Morgan fingerprint density at radius 2 is 1.84 bits per heavy atom. The van der Waals surface area contributed by atoms with E-state index in [2.05, 4.69) is 10.2 Å². The van der Waals surface area contributed by atoms with Gasteiger partial charge in [-0.05, 0) is 61.9 Å². The van der Waals surface area contributed by atoms with Crippen molar-refractivity contribution in [2.45, 2.75) is 30.9 Å². The quantitative estimate of drug-likeness (QED) is 0.107. The Labute approximate surface area is 232 Å². The smallest absolute Gasteiger partial charge is 0.220 e. The fourth-order valence-corrected chi connectivity index (χ4v) is 5.28. The van der Waals surface area contributed by atoms with E-state index >= 15 is 0 Å². The predicted molar refractivity (Wildman–Crippen MR) is 145 cm³/mol. The molecule has 1 aromatic heterocycles. The Hall–Kier alpha value is -3.34. The van der Waals surface area contributed by atoms with Crippen LogP contribution < -0.4 is 9.47 Å². The lowest BCUT2D eigenvalue weighted by Crippen LogP contribution is -2.12. The molecule has 0 aliphatic heterocycles. The third-order valence-corrected chi connectivity index (χ3v) is 7.19. The molecular formula is C26H23Cl2FN4O4S. The van der Waals surface area contributed by atoms with Gasteiger partial charge in [0.2, 0.25) is 6.54 Å². The van der Waals surface area contributed by atoms with Gasteiger partial charge in [-0.2, -0.15) is 0 Å². The highest BCUT2D eigenvalue weighted by Crippen LogP contribution is 2.43. The average Bonchev–Trinajstić information content (AvgIpc) is 3.24. The Morgan fingerprint density at radius 1 is 1.11 bits per heavy atom. The van der Waals surface area contributed by atoms with Crippen molar-refractivity contribution in [3.63, 3.8) is 0 Å². The lowest BCUT2D eigenvalue weighted by Gasteiger charge is -2.19. The molecule has 1 heterocycles. The number of nitro groups is 1. The van der Waals surface area contributed by atoms with Gasteiger partial charge in [0.15, 0.2) is 16.7 Å². The molecule has 0 fully saturated rings. The summed E-state index contributed by atoms with van der Waals surface area (Å²) in [7, 11) is 0. The van der Waals surface area contributed by atoms with Crippen molar-refractivity contribution < 1.29 is 18.8 Å². The molecule has 0 spiro atoms. The van der Waals surface area contributed by atoms with Gasteiger partial charge < -0.3 is 9.47 Å². The van der Waals surface area contributed by atoms with E-state index in [9.17, 15) is 14.5 Å². The second kappa shape index (κ2) is 12.5. The van der Waals surface area contributed by atoms with Crippen LogP contribution >= 0.6 is 35.0 Å². The normalized spacial score (nSPS) is 11.8. The topological polar surface area (TPSA) is 92.3 Å². The molecule has 198 valence electrons. The van der Waals surface area contributed by atoms with Crippen molar-refractivity contribution in [2.75, 3.05) is 13.2 Å². The van der Waals surface area contributed by atoms with Gasteiger partial charge in [0.1, 0.15) is 23.5 Å². The third-order valence-electron chi connectivity index (χ3n) is 5.48. The molecule has 0 saturated carbocycles. The number of benzene rings is 3. The van der Waals surface area contributed by atoms with Gasteiger partial charge in [-0.3, -0.25) is 14.7 Å². The van der Waals surface area contributed by atoms with Crippen LogP contribution in [0.5, 0.6) is 11.5 Å². The van der Waals surface area contributed by atoms with E-state index < -0.39 is 22.5 Å². The summed E-state index contributed by atoms with van der Waals surface area (Å²) in [5.41, 5.74) is 1.67. The zero-order valence-corrected chi connectivity index (χ0v) is 22.8. The van der Waals surface area contributed by atoms with Crippen molar-refractivity contribution in [1.82, 2.24) is 14.8 Å². The number of ether oxygens (including phenoxy) is 2. The summed E-state index contributed by atoms with van der Waals surface area (Å²) in [6, 6.07) is 16.6. The number of hydrogen-bond donors (Lipinski definition) is 0. The van der Waals surface area contributed by atoms with Crippen LogP contribution in [0.3, 0.4) is 0 Å². The molecule has 0 saturated heterocycles. The van der Waals surface area contributed by atoms with E-state index in [1.165, 1.54) is 17.8 Å². The number of aryl methyl sites for hydroxylation is 1. The maximum Gasteiger partial charge on any atom is 0.220 e. The van der Waals surface area contributed by atoms with Crippen molar-refractivity contribution in [1.29, 1.82) is 0 Å². The van der Waals surface area contributed by atoms with Crippen LogP contribution in [0.4, 0.5) is 4.39 Å². The minimum absolute atomic E-state index is 0.0671. The van der Waals surface area contributed by atoms with Crippen LogP contribution in [0.1, 0.15) is 29.1 Å². The molecule has 3 aromatic carbocycles. The van der Waals surface area contributed by atoms with Crippen LogP contribution in [0.15, 0.2) is 65.8 Å². The maximum absolute atomic E-state index is 14.1. The number of thioether (sulfide) groups is 1. The lowest BCUT2D eigenvalue weighted by atomic mass is 10.1. The highest BCUT2D eigenvalue weighted by atomic mass is 35.5. The molecule has 0 radical (unpaired) electrons. The van der Waals surface area contributed by atoms with Gasteiger partial charge in [0.25, 0.3) is 0 Å². The van der Waals surface area contributed by atoms with Gasteiger partial charge in [-0.15, -0.1) is 10.2 Å². The largest absolute Gasteiger partial charge is 0.490 e. The van der Waals surface area contributed by atoms with Crippen LogP contribution in [0.2, 0.25) is 10.0 Å². The standard InChI is InChI=1S/C26H23Cl2FN4O4S/c1-3-36-23-13-18(12-21(28)25(23)37-15-17-6-4-5-7-22(17)29)24(14-32(34)35)38-26-31-30-16(2)33(26)20-10-8-19(27)9-11-20/h4-13,24H,3,14-15H2,1-2H3/t24-/m0/s1. The monoisotopic (exact) mass is 576 g/mol.